The molecule has 0 amide bonds. The van der Waals surface area contributed by atoms with Gasteiger partial charge in [-0.05, 0) is 25.8 Å². The molecule has 0 heteroatoms. The second-order valence-corrected chi connectivity index (χ2v) is 2.80. The molecule has 0 heterocycles. The highest BCUT2D eigenvalue weighted by Gasteiger charge is 2.06. The zero-order valence-corrected chi connectivity index (χ0v) is 8.07. The highest BCUT2D eigenvalue weighted by atomic mass is 14.1. The molecule has 0 radical (unpaired) electrons. The molecule has 0 N–H and O–H groups in total. The van der Waals surface area contributed by atoms with Gasteiger partial charge in [0.1, 0.15) is 0 Å². The normalized spacial score (nSPS) is 14.0. The van der Waals surface area contributed by atoms with Gasteiger partial charge in [-0.3, -0.25) is 0 Å². The summed E-state index contributed by atoms with van der Waals surface area (Å²) in [6.45, 7) is 12.2. The Labute approximate surface area is 70.3 Å². The second-order valence-electron chi connectivity index (χ2n) is 2.80. The van der Waals surface area contributed by atoms with E-state index in [1.807, 2.05) is 0 Å². The topological polar surface area (TPSA) is 0 Å². The van der Waals surface area contributed by atoms with E-state index in [0.29, 0.717) is 5.92 Å². The molecule has 0 spiro atoms. The first-order chi connectivity index (χ1) is 5.17. The van der Waals surface area contributed by atoms with Gasteiger partial charge in [-0.1, -0.05) is 32.1 Å². The van der Waals surface area contributed by atoms with Gasteiger partial charge in [0, 0.05) is 5.92 Å². The number of rotatable bonds is 3. The molecule has 0 aromatic rings. The third kappa shape index (κ3) is 2.78. The molecule has 0 aromatic carbocycles. The highest BCUT2D eigenvalue weighted by molar-refractivity contribution is 5.16. The van der Waals surface area contributed by atoms with E-state index in [0.717, 1.165) is 6.42 Å². The van der Waals surface area contributed by atoms with E-state index >= 15 is 0 Å². The zero-order valence-electron chi connectivity index (χ0n) is 8.07. The second kappa shape index (κ2) is 4.98. The summed E-state index contributed by atoms with van der Waals surface area (Å²) in [5, 5.41) is 0. The van der Waals surface area contributed by atoms with Crippen molar-refractivity contribution in [3.63, 3.8) is 0 Å². The molecule has 0 aliphatic heterocycles. The van der Waals surface area contributed by atoms with Crippen LogP contribution in [0.2, 0.25) is 0 Å². The molecule has 1 unspecified atom stereocenters. The summed E-state index contributed by atoms with van der Waals surface area (Å²) in [6.07, 6.45) is 3.31. The van der Waals surface area contributed by atoms with Crippen LogP contribution in [0.15, 0.2) is 29.5 Å². The van der Waals surface area contributed by atoms with Crippen molar-refractivity contribution in [2.75, 3.05) is 0 Å². The minimum atomic E-state index is 0.516. The third-order valence-electron chi connectivity index (χ3n) is 2.26. The third-order valence-corrected chi connectivity index (χ3v) is 2.26. The minimum Gasteiger partial charge on any atom is -0.129 e. The molecule has 0 nitrogen and oxygen atoms in total. The Bertz CT molecular complexity index is 190. The Morgan fingerprint density at radius 3 is 2.45 bits per heavy atom. The summed E-state index contributed by atoms with van der Waals surface area (Å²) < 4.78 is 0. The Hall–Kier alpha value is -0.740. The van der Waals surface area contributed by atoms with Crippen molar-refractivity contribution in [3.05, 3.63) is 29.5 Å². The Morgan fingerprint density at radius 1 is 1.64 bits per heavy atom. The van der Waals surface area contributed by atoms with Crippen molar-refractivity contribution in [3.8, 4) is 0 Å². The lowest BCUT2D eigenvalue weighted by molar-refractivity contribution is 0.759. The summed E-state index contributed by atoms with van der Waals surface area (Å²) >= 11 is 0. The maximum Gasteiger partial charge on any atom is 0.00513 e. The Kier molecular flexibility index (Phi) is 4.65. The fourth-order valence-corrected chi connectivity index (χ4v) is 1.19. The SMILES string of the molecule is C=C=C(C)C(C)C(=CC)CC. The van der Waals surface area contributed by atoms with Crippen LogP contribution in [-0.2, 0) is 0 Å². The quantitative estimate of drug-likeness (QED) is 0.425. The van der Waals surface area contributed by atoms with Gasteiger partial charge in [-0.25, -0.2) is 0 Å². The maximum absolute atomic E-state index is 3.64. The minimum absolute atomic E-state index is 0.516. The molecule has 1 atom stereocenters. The van der Waals surface area contributed by atoms with Gasteiger partial charge in [0.05, 0.1) is 0 Å². The number of allylic oxidation sites excluding steroid dienone is 3. The molecule has 0 saturated carbocycles. The van der Waals surface area contributed by atoms with Crippen LogP contribution in [0.3, 0.4) is 0 Å². The average Bonchev–Trinajstić information content (AvgIpc) is 2.05. The van der Waals surface area contributed by atoms with E-state index in [1.165, 1.54) is 11.1 Å². The van der Waals surface area contributed by atoms with Gasteiger partial charge in [-0.2, -0.15) is 0 Å². The van der Waals surface area contributed by atoms with Crippen molar-refractivity contribution in [2.45, 2.75) is 34.1 Å². The summed E-state index contributed by atoms with van der Waals surface area (Å²) in [5.41, 5.74) is 5.65. The van der Waals surface area contributed by atoms with Gasteiger partial charge >= 0.3 is 0 Å². The van der Waals surface area contributed by atoms with Crippen LogP contribution in [0.25, 0.3) is 0 Å². The molecule has 0 aliphatic carbocycles. The van der Waals surface area contributed by atoms with E-state index in [2.05, 4.69) is 46.1 Å². The summed E-state index contributed by atoms with van der Waals surface area (Å²) in [5.74, 6) is 0.516. The monoisotopic (exact) mass is 150 g/mol. The molecular weight excluding hydrogens is 132 g/mol. The first-order valence-electron chi connectivity index (χ1n) is 4.18. The van der Waals surface area contributed by atoms with Gasteiger partial charge in [0.25, 0.3) is 0 Å². The summed E-state index contributed by atoms with van der Waals surface area (Å²) in [6, 6.07) is 0. The lowest BCUT2D eigenvalue weighted by atomic mass is 9.92. The predicted octanol–water partition coefficient (Wildman–Crippen LogP) is 3.71. The summed E-state index contributed by atoms with van der Waals surface area (Å²) in [4.78, 5) is 0. The zero-order chi connectivity index (χ0) is 8.85. The maximum atomic E-state index is 3.64. The van der Waals surface area contributed by atoms with E-state index in [1.54, 1.807) is 0 Å². The Morgan fingerprint density at radius 2 is 2.18 bits per heavy atom. The number of hydrogen-bond donors (Lipinski definition) is 0. The standard InChI is InChI=1S/C11H18/c1-6-9(4)10(5)11(7-2)8-3/h7,10H,1,8H2,2-5H3. The lowest BCUT2D eigenvalue weighted by Gasteiger charge is -2.12. The van der Waals surface area contributed by atoms with Crippen LogP contribution in [0.5, 0.6) is 0 Å². The molecule has 0 bridgehead atoms. The van der Waals surface area contributed by atoms with Crippen LogP contribution in [0.1, 0.15) is 34.1 Å². The van der Waals surface area contributed by atoms with E-state index in [4.69, 9.17) is 0 Å². The van der Waals surface area contributed by atoms with Gasteiger partial charge < -0.3 is 0 Å². The van der Waals surface area contributed by atoms with E-state index in [9.17, 15) is 0 Å². The van der Waals surface area contributed by atoms with E-state index < -0.39 is 0 Å². The average molecular weight is 150 g/mol. The molecular formula is C11H18. The fourth-order valence-electron chi connectivity index (χ4n) is 1.19. The largest absolute Gasteiger partial charge is 0.129 e. The van der Waals surface area contributed by atoms with Crippen LogP contribution in [0.4, 0.5) is 0 Å². The van der Waals surface area contributed by atoms with Crippen molar-refractivity contribution >= 4 is 0 Å². The smallest absolute Gasteiger partial charge is 0.00513 e. The molecule has 0 fully saturated rings. The van der Waals surface area contributed by atoms with Crippen LogP contribution < -0.4 is 0 Å². The molecule has 0 aliphatic rings. The molecule has 62 valence electrons. The van der Waals surface area contributed by atoms with E-state index in [-0.39, 0.29) is 0 Å². The van der Waals surface area contributed by atoms with Gasteiger partial charge in [-0.15, -0.1) is 5.73 Å². The lowest BCUT2D eigenvalue weighted by Crippen LogP contribution is -1.98. The van der Waals surface area contributed by atoms with Crippen molar-refractivity contribution in [1.29, 1.82) is 0 Å². The van der Waals surface area contributed by atoms with Crippen molar-refractivity contribution in [2.24, 2.45) is 5.92 Å². The van der Waals surface area contributed by atoms with Gasteiger partial charge in [0.15, 0.2) is 0 Å². The fraction of sp³-hybridized carbons (Fsp3) is 0.545. The van der Waals surface area contributed by atoms with Crippen LogP contribution in [0, 0.1) is 5.92 Å². The molecule has 0 rings (SSSR count). The van der Waals surface area contributed by atoms with Crippen LogP contribution >= 0.6 is 0 Å². The molecule has 0 aromatic heterocycles. The first kappa shape index (κ1) is 10.3. The van der Waals surface area contributed by atoms with Crippen LogP contribution in [-0.4, -0.2) is 0 Å². The van der Waals surface area contributed by atoms with Gasteiger partial charge in [0.2, 0.25) is 0 Å². The number of hydrogen-bond acceptors (Lipinski definition) is 0. The van der Waals surface area contributed by atoms with Crippen molar-refractivity contribution in [1.82, 2.24) is 0 Å². The predicted molar refractivity (Wildman–Crippen MR) is 51.5 cm³/mol. The molecule has 11 heavy (non-hydrogen) atoms. The highest BCUT2D eigenvalue weighted by Crippen LogP contribution is 2.20. The summed E-state index contributed by atoms with van der Waals surface area (Å²) in [7, 11) is 0. The first-order valence-corrected chi connectivity index (χ1v) is 4.18. The van der Waals surface area contributed by atoms with Crippen molar-refractivity contribution < 1.29 is 0 Å². The Balaban J connectivity index is 4.46. The molecule has 0 saturated heterocycles.